The van der Waals surface area contributed by atoms with Gasteiger partial charge in [-0.1, -0.05) is 44.2 Å². The van der Waals surface area contributed by atoms with E-state index in [1.54, 1.807) is 0 Å². The second-order valence-corrected chi connectivity index (χ2v) is 3.78. The molecule has 0 aliphatic rings. The fourth-order valence-electron chi connectivity index (χ4n) is 1.42. The van der Waals surface area contributed by atoms with E-state index < -0.39 is 0 Å². The zero-order valence-corrected chi connectivity index (χ0v) is 9.95. The van der Waals surface area contributed by atoms with Crippen molar-refractivity contribution >= 4 is 11.5 Å². The Balaban J connectivity index is 2.64. The highest BCUT2D eigenvalue weighted by Gasteiger charge is 2.12. The van der Waals surface area contributed by atoms with Gasteiger partial charge in [-0.2, -0.15) is 0 Å². The topological polar surface area (TPSA) is 26.3 Å². The Morgan fingerprint density at radius 1 is 1.38 bits per heavy atom. The SMILES string of the molecule is C=C(C(=O)OCCCC)c1ccccc1C. The molecule has 0 radical (unpaired) electrons. The minimum atomic E-state index is -0.317. The number of carbonyl (C=O) groups excluding carboxylic acids is 1. The first-order valence-electron chi connectivity index (χ1n) is 5.58. The van der Waals surface area contributed by atoms with E-state index in [9.17, 15) is 4.79 Å². The second-order valence-electron chi connectivity index (χ2n) is 3.78. The minimum absolute atomic E-state index is 0.317. The van der Waals surface area contributed by atoms with E-state index in [-0.39, 0.29) is 5.97 Å². The Kier molecular flexibility index (Phi) is 4.77. The molecule has 2 heteroatoms. The summed E-state index contributed by atoms with van der Waals surface area (Å²) in [5, 5.41) is 0. The fourth-order valence-corrected chi connectivity index (χ4v) is 1.42. The van der Waals surface area contributed by atoms with Gasteiger partial charge in [0.1, 0.15) is 0 Å². The van der Waals surface area contributed by atoms with Crippen molar-refractivity contribution in [1.82, 2.24) is 0 Å². The Labute approximate surface area is 96.9 Å². The summed E-state index contributed by atoms with van der Waals surface area (Å²) in [6.45, 7) is 8.28. The smallest absolute Gasteiger partial charge is 0.338 e. The lowest BCUT2D eigenvalue weighted by Gasteiger charge is -2.08. The highest BCUT2D eigenvalue weighted by atomic mass is 16.5. The first kappa shape index (κ1) is 12.5. The van der Waals surface area contributed by atoms with Crippen LogP contribution in [0.25, 0.3) is 5.57 Å². The molecule has 0 saturated heterocycles. The number of hydrogen-bond acceptors (Lipinski definition) is 2. The predicted octanol–water partition coefficient (Wildman–Crippen LogP) is 3.35. The van der Waals surface area contributed by atoms with E-state index in [1.165, 1.54) is 0 Å². The standard InChI is InChI=1S/C14H18O2/c1-4-5-10-16-14(15)12(3)13-9-7-6-8-11(13)2/h6-9H,3-5,10H2,1-2H3. The van der Waals surface area contributed by atoms with Crippen molar-refractivity contribution < 1.29 is 9.53 Å². The summed E-state index contributed by atoms with van der Waals surface area (Å²) in [5.41, 5.74) is 2.35. The van der Waals surface area contributed by atoms with Crippen LogP contribution in [0.2, 0.25) is 0 Å². The van der Waals surface area contributed by atoms with Gasteiger partial charge in [0, 0.05) is 0 Å². The number of rotatable bonds is 5. The zero-order valence-electron chi connectivity index (χ0n) is 9.95. The molecule has 0 fully saturated rings. The van der Waals surface area contributed by atoms with Gasteiger partial charge in [-0.3, -0.25) is 0 Å². The first-order valence-corrected chi connectivity index (χ1v) is 5.58. The van der Waals surface area contributed by atoms with E-state index >= 15 is 0 Å². The molecule has 16 heavy (non-hydrogen) atoms. The molecule has 0 bridgehead atoms. The van der Waals surface area contributed by atoms with Crippen LogP contribution < -0.4 is 0 Å². The summed E-state index contributed by atoms with van der Waals surface area (Å²) in [5.74, 6) is -0.317. The summed E-state index contributed by atoms with van der Waals surface area (Å²) >= 11 is 0. The molecular weight excluding hydrogens is 200 g/mol. The number of unbranched alkanes of at least 4 members (excludes halogenated alkanes) is 1. The van der Waals surface area contributed by atoms with Crippen LogP contribution >= 0.6 is 0 Å². The average Bonchev–Trinajstić information content (AvgIpc) is 2.29. The highest BCUT2D eigenvalue weighted by molar-refractivity contribution is 6.16. The summed E-state index contributed by atoms with van der Waals surface area (Å²) in [6, 6.07) is 7.68. The Morgan fingerprint density at radius 3 is 2.69 bits per heavy atom. The van der Waals surface area contributed by atoms with Crippen LogP contribution in [-0.2, 0) is 9.53 Å². The van der Waals surface area contributed by atoms with Crippen LogP contribution in [0.4, 0.5) is 0 Å². The molecule has 86 valence electrons. The Morgan fingerprint density at radius 2 is 2.06 bits per heavy atom. The maximum atomic E-state index is 11.6. The number of benzene rings is 1. The summed E-state index contributed by atoms with van der Waals surface area (Å²) in [6.07, 6.45) is 1.91. The summed E-state index contributed by atoms with van der Waals surface area (Å²) < 4.78 is 5.12. The van der Waals surface area contributed by atoms with Crippen LogP contribution in [0.1, 0.15) is 30.9 Å². The van der Waals surface area contributed by atoms with Gasteiger partial charge >= 0.3 is 5.97 Å². The molecule has 0 heterocycles. The zero-order chi connectivity index (χ0) is 12.0. The quantitative estimate of drug-likeness (QED) is 0.430. The second kappa shape index (κ2) is 6.11. The monoisotopic (exact) mass is 218 g/mol. The van der Waals surface area contributed by atoms with Crippen molar-refractivity contribution in [2.75, 3.05) is 6.61 Å². The van der Waals surface area contributed by atoms with E-state index in [4.69, 9.17) is 4.74 Å². The lowest BCUT2D eigenvalue weighted by atomic mass is 10.0. The predicted molar refractivity (Wildman–Crippen MR) is 66.1 cm³/mol. The maximum absolute atomic E-state index is 11.6. The van der Waals surface area contributed by atoms with Crippen molar-refractivity contribution in [3.05, 3.63) is 42.0 Å². The average molecular weight is 218 g/mol. The van der Waals surface area contributed by atoms with E-state index in [1.807, 2.05) is 31.2 Å². The maximum Gasteiger partial charge on any atom is 0.338 e. The molecule has 0 spiro atoms. The van der Waals surface area contributed by atoms with Crippen LogP contribution in [0.3, 0.4) is 0 Å². The molecule has 1 aromatic rings. The van der Waals surface area contributed by atoms with Crippen LogP contribution in [0.15, 0.2) is 30.8 Å². The third-order valence-electron chi connectivity index (χ3n) is 2.45. The number of hydrogen-bond donors (Lipinski definition) is 0. The van der Waals surface area contributed by atoms with Gasteiger partial charge in [-0.25, -0.2) is 4.79 Å². The molecule has 0 saturated carbocycles. The Hall–Kier alpha value is -1.57. The van der Waals surface area contributed by atoms with Crippen molar-refractivity contribution in [2.45, 2.75) is 26.7 Å². The molecule has 1 aromatic carbocycles. The normalized spacial score (nSPS) is 9.88. The van der Waals surface area contributed by atoms with Crippen molar-refractivity contribution in [3.63, 3.8) is 0 Å². The summed E-state index contributed by atoms with van der Waals surface area (Å²) in [7, 11) is 0. The number of esters is 1. The molecule has 0 aromatic heterocycles. The van der Waals surface area contributed by atoms with Crippen molar-refractivity contribution in [1.29, 1.82) is 0 Å². The molecule has 0 aliphatic heterocycles. The van der Waals surface area contributed by atoms with Crippen LogP contribution in [0.5, 0.6) is 0 Å². The van der Waals surface area contributed by atoms with Gasteiger partial charge in [-0.05, 0) is 24.5 Å². The number of aryl methyl sites for hydroxylation is 1. The molecule has 0 atom stereocenters. The van der Waals surface area contributed by atoms with Gasteiger partial charge in [0.2, 0.25) is 0 Å². The molecular formula is C14H18O2. The van der Waals surface area contributed by atoms with Gasteiger partial charge in [0.25, 0.3) is 0 Å². The van der Waals surface area contributed by atoms with Gasteiger partial charge in [0.05, 0.1) is 12.2 Å². The van der Waals surface area contributed by atoms with E-state index in [0.29, 0.717) is 12.2 Å². The van der Waals surface area contributed by atoms with E-state index in [2.05, 4.69) is 13.5 Å². The molecule has 1 rings (SSSR count). The Bertz CT molecular complexity index is 380. The lowest BCUT2D eigenvalue weighted by molar-refractivity contribution is -0.136. The molecule has 2 nitrogen and oxygen atoms in total. The fraction of sp³-hybridized carbons (Fsp3) is 0.357. The summed E-state index contributed by atoms with van der Waals surface area (Å²) in [4.78, 5) is 11.6. The van der Waals surface area contributed by atoms with Crippen LogP contribution in [0, 0.1) is 6.92 Å². The van der Waals surface area contributed by atoms with Gasteiger partial charge < -0.3 is 4.74 Å². The van der Waals surface area contributed by atoms with Crippen molar-refractivity contribution in [3.8, 4) is 0 Å². The van der Waals surface area contributed by atoms with Gasteiger partial charge in [-0.15, -0.1) is 0 Å². The third-order valence-corrected chi connectivity index (χ3v) is 2.45. The van der Waals surface area contributed by atoms with Crippen LogP contribution in [-0.4, -0.2) is 12.6 Å². The minimum Gasteiger partial charge on any atom is -0.462 e. The largest absolute Gasteiger partial charge is 0.462 e. The number of ether oxygens (including phenoxy) is 1. The third kappa shape index (κ3) is 3.23. The first-order chi connectivity index (χ1) is 7.66. The molecule has 0 unspecified atom stereocenters. The highest BCUT2D eigenvalue weighted by Crippen LogP contribution is 2.18. The van der Waals surface area contributed by atoms with Crippen molar-refractivity contribution in [2.24, 2.45) is 0 Å². The van der Waals surface area contributed by atoms with E-state index in [0.717, 1.165) is 24.0 Å². The van der Waals surface area contributed by atoms with Gasteiger partial charge in [0.15, 0.2) is 0 Å². The molecule has 0 amide bonds. The molecule has 0 N–H and O–H groups in total. The number of carbonyl (C=O) groups is 1. The molecule has 0 aliphatic carbocycles. The lowest BCUT2D eigenvalue weighted by Crippen LogP contribution is -2.08.